The molecule has 128 valence electrons. The van der Waals surface area contributed by atoms with Crippen LogP contribution >= 0.6 is 0 Å². The van der Waals surface area contributed by atoms with Crippen molar-refractivity contribution < 1.29 is 0 Å². The van der Waals surface area contributed by atoms with Gasteiger partial charge in [-0.1, -0.05) is 55.5 Å². The molecule has 4 aromatic rings. The summed E-state index contributed by atoms with van der Waals surface area (Å²) in [6, 6.07) is 22.8. The minimum absolute atomic E-state index is 0.112. The van der Waals surface area contributed by atoms with E-state index in [2.05, 4.69) is 65.4 Å². The first kappa shape index (κ1) is 16.3. The van der Waals surface area contributed by atoms with Gasteiger partial charge in [-0.3, -0.25) is 4.79 Å². The SMILES string of the molecule is CCc1ccc(-c2ccc(Cc3cc(=O)[nH]c4ncccc34)cc2)cc1. The van der Waals surface area contributed by atoms with E-state index in [0.717, 1.165) is 17.4 Å². The van der Waals surface area contributed by atoms with Crippen LogP contribution in [0.1, 0.15) is 23.6 Å². The van der Waals surface area contributed by atoms with E-state index in [1.165, 1.54) is 22.3 Å². The summed E-state index contributed by atoms with van der Waals surface area (Å²) in [4.78, 5) is 18.9. The van der Waals surface area contributed by atoms with Crippen molar-refractivity contribution in [3.63, 3.8) is 0 Å². The highest BCUT2D eigenvalue weighted by molar-refractivity contribution is 5.78. The van der Waals surface area contributed by atoms with E-state index < -0.39 is 0 Å². The Morgan fingerprint density at radius 2 is 1.54 bits per heavy atom. The van der Waals surface area contributed by atoms with Gasteiger partial charge >= 0.3 is 0 Å². The molecule has 0 radical (unpaired) electrons. The van der Waals surface area contributed by atoms with Crippen LogP contribution < -0.4 is 5.56 Å². The van der Waals surface area contributed by atoms with Gasteiger partial charge in [0.05, 0.1) is 0 Å². The van der Waals surface area contributed by atoms with E-state index in [9.17, 15) is 4.79 Å². The molecule has 0 aliphatic carbocycles. The Morgan fingerprint density at radius 3 is 2.19 bits per heavy atom. The van der Waals surface area contributed by atoms with Crippen LogP contribution in [0, 0.1) is 0 Å². The number of hydrogen-bond donors (Lipinski definition) is 1. The molecule has 26 heavy (non-hydrogen) atoms. The second-order valence-electron chi connectivity index (χ2n) is 6.48. The quantitative estimate of drug-likeness (QED) is 0.583. The zero-order chi connectivity index (χ0) is 17.9. The van der Waals surface area contributed by atoms with Crippen LogP contribution in [-0.2, 0) is 12.8 Å². The van der Waals surface area contributed by atoms with Gasteiger partial charge < -0.3 is 4.98 Å². The molecule has 2 aromatic carbocycles. The molecule has 0 amide bonds. The molecule has 0 saturated heterocycles. The van der Waals surface area contributed by atoms with Gasteiger partial charge in [-0.15, -0.1) is 0 Å². The van der Waals surface area contributed by atoms with Gasteiger partial charge in [-0.2, -0.15) is 0 Å². The third kappa shape index (κ3) is 3.29. The van der Waals surface area contributed by atoms with Gasteiger partial charge in [0.1, 0.15) is 5.65 Å². The summed E-state index contributed by atoms with van der Waals surface area (Å²) < 4.78 is 0. The van der Waals surface area contributed by atoms with E-state index in [1.807, 2.05) is 12.1 Å². The van der Waals surface area contributed by atoms with E-state index in [1.54, 1.807) is 12.3 Å². The maximum atomic E-state index is 11.9. The number of rotatable bonds is 4. The Bertz CT molecular complexity index is 1090. The van der Waals surface area contributed by atoms with Crippen LogP contribution in [0.5, 0.6) is 0 Å². The number of nitrogens with one attached hydrogen (secondary N) is 1. The summed E-state index contributed by atoms with van der Waals surface area (Å²) in [6.07, 6.45) is 3.46. The van der Waals surface area contributed by atoms with Crippen LogP contribution in [-0.4, -0.2) is 9.97 Å². The second-order valence-corrected chi connectivity index (χ2v) is 6.48. The Kier molecular flexibility index (Phi) is 4.36. The standard InChI is InChI=1S/C23H20N2O/c1-2-16-5-9-18(10-6-16)19-11-7-17(8-12-19)14-20-15-22(26)25-23-21(20)4-3-13-24-23/h3-13,15H,2,14H2,1H3,(H,24,25,26). The summed E-state index contributed by atoms with van der Waals surface area (Å²) in [5.41, 5.74) is 6.47. The molecule has 0 aliphatic rings. The van der Waals surface area contributed by atoms with Crippen molar-refractivity contribution >= 4 is 11.0 Å². The summed E-state index contributed by atoms with van der Waals surface area (Å²) in [7, 11) is 0. The first-order valence-corrected chi connectivity index (χ1v) is 8.88. The molecule has 0 fully saturated rings. The van der Waals surface area contributed by atoms with E-state index in [-0.39, 0.29) is 5.56 Å². The van der Waals surface area contributed by atoms with Crippen molar-refractivity contribution in [3.05, 3.63) is 100.0 Å². The van der Waals surface area contributed by atoms with Gasteiger partial charge in [-0.25, -0.2) is 4.98 Å². The average molecular weight is 340 g/mol. The number of hydrogen-bond acceptors (Lipinski definition) is 2. The molecular formula is C23H20N2O. The fraction of sp³-hybridized carbons (Fsp3) is 0.130. The van der Waals surface area contributed by atoms with Gasteiger partial charge in [0, 0.05) is 17.6 Å². The number of H-pyrrole nitrogens is 1. The Hall–Kier alpha value is -3.20. The molecular weight excluding hydrogens is 320 g/mol. The number of benzene rings is 2. The van der Waals surface area contributed by atoms with Crippen molar-refractivity contribution in [1.82, 2.24) is 9.97 Å². The zero-order valence-corrected chi connectivity index (χ0v) is 14.7. The van der Waals surface area contributed by atoms with Gasteiger partial charge in [0.25, 0.3) is 0 Å². The van der Waals surface area contributed by atoms with E-state index in [4.69, 9.17) is 0 Å². The molecule has 2 heterocycles. The number of aromatic amines is 1. The Labute approximate surface area is 152 Å². The highest BCUT2D eigenvalue weighted by Crippen LogP contribution is 2.22. The predicted octanol–water partition coefficient (Wildman–Crippen LogP) is 4.74. The molecule has 3 heteroatoms. The van der Waals surface area contributed by atoms with Crippen molar-refractivity contribution in [2.24, 2.45) is 0 Å². The predicted molar refractivity (Wildman–Crippen MR) is 106 cm³/mol. The number of fused-ring (bicyclic) bond motifs is 1. The third-order valence-electron chi connectivity index (χ3n) is 4.74. The normalized spacial score (nSPS) is 11.0. The van der Waals surface area contributed by atoms with Crippen molar-refractivity contribution in [2.45, 2.75) is 19.8 Å². The highest BCUT2D eigenvalue weighted by atomic mass is 16.1. The number of aryl methyl sites for hydroxylation is 1. The maximum absolute atomic E-state index is 11.9. The molecule has 0 atom stereocenters. The van der Waals surface area contributed by atoms with Crippen molar-refractivity contribution in [2.75, 3.05) is 0 Å². The molecule has 2 aromatic heterocycles. The van der Waals surface area contributed by atoms with Gasteiger partial charge in [0.15, 0.2) is 0 Å². The lowest BCUT2D eigenvalue weighted by molar-refractivity contribution is 1.14. The van der Waals surface area contributed by atoms with Crippen molar-refractivity contribution in [3.8, 4) is 11.1 Å². The summed E-state index contributed by atoms with van der Waals surface area (Å²) in [5, 5.41) is 0.992. The second kappa shape index (κ2) is 6.96. The van der Waals surface area contributed by atoms with Crippen molar-refractivity contribution in [1.29, 1.82) is 0 Å². The molecule has 0 spiro atoms. The van der Waals surface area contributed by atoms with E-state index in [0.29, 0.717) is 12.1 Å². The van der Waals surface area contributed by atoms with Crippen LogP contribution in [0.2, 0.25) is 0 Å². The zero-order valence-electron chi connectivity index (χ0n) is 14.7. The van der Waals surface area contributed by atoms with Gasteiger partial charge in [0.2, 0.25) is 5.56 Å². The number of nitrogens with zero attached hydrogens (tertiary/aromatic N) is 1. The lowest BCUT2D eigenvalue weighted by Crippen LogP contribution is -2.07. The lowest BCUT2D eigenvalue weighted by atomic mass is 9.98. The van der Waals surface area contributed by atoms with Crippen LogP contribution in [0.4, 0.5) is 0 Å². The molecule has 0 bridgehead atoms. The van der Waals surface area contributed by atoms with Crippen LogP contribution in [0.3, 0.4) is 0 Å². The Morgan fingerprint density at radius 1 is 0.885 bits per heavy atom. The van der Waals surface area contributed by atoms with E-state index >= 15 is 0 Å². The number of aromatic nitrogens is 2. The molecule has 4 rings (SSSR count). The summed E-state index contributed by atoms with van der Waals surface area (Å²) in [5.74, 6) is 0. The fourth-order valence-corrected chi connectivity index (χ4v) is 3.27. The largest absolute Gasteiger partial charge is 0.307 e. The minimum atomic E-state index is -0.112. The number of pyridine rings is 2. The van der Waals surface area contributed by atoms with Crippen LogP contribution in [0.25, 0.3) is 22.2 Å². The first-order chi connectivity index (χ1) is 12.7. The van der Waals surface area contributed by atoms with Gasteiger partial charge in [-0.05, 0) is 52.8 Å². The highest BCUT2D eigenvalue weighted by Gasteiger charge is 2.06. The molecule has 0 aliphatic heterocycles. The summed E-state index contributed by atoms with van der Waals surface area (Å²) in [6.45, 7) is 2.16. The maximum Gasteiger partial charge on any atom is 0.249 e. The average Bonchev–Trinajstić information content (AvgIpc) is 2.68. The molecule has 0 saturated carbocycles. The fourth-order valence-electron chi connectivity index (χ4n) is 3.27. The minimum Gasteiger partial charge on any atom is -0.307 e. The van der Waals surface area contributed by atoms with Crippen LogP contribution in [0.15, 0.2) is 77.7 Å². The molecule has 1 N–H and O–H groups in total. The topological polar surface area (TPSA) is 45.8 Å². The lowest BCUT2D eigenvalue weighted by Gasteiger charge is -2.08. The smallest absolute Gasteiger partial charge is 0.249 e. The first-order valence-electron chi connectivity index (χ1n) is 8.88. The Balaban J connectivity index is 1.63. The third-order valence-corrected chi connectivity index (χ3v) is 4.74. The molecule has 0 unspecified atom stereocenters. The summed E-state index contributed by atoms with van der Waals surface area (Å²) >= 11 is 0. The monoisotopic (exact) mass is 340 g/mol. The molecule has 3 nitrogen and oxygen atoms in total.